The van der Waals surface area contributed by atoms with Crippen LogP contribution in [0.2, 0.25) is 0 Å². The van der Waals surface area contributed by atoms with Crippen molar-refractivity contribution in [3.8, 4) is 0 Å². The van der Waals surface area contributed by atoms with Crippen molar-refractivity contribution < 1.29 is 17.9 Å². The van der Waals surface area contributed by atoms with E-state index < -0.39 is 10.0 Å². The molecule has 1 fully saturated rings. The number of likely N-dealkylation sites (N-methyl/N-ethyl adjacent to an activating group) is 1. The topological polar surface area (TPSA) is 97.6 Å². The number of hydrogen-bond donors (Lipinski definition) is 0. The van der Waals surface area contributed by atoms with Gasteiger partial charge in [-0.05, 0) is 51.9 Å². The zero-order valence-electron chi connectivity index (χ0n) is 21.9. The smallest absolute Gasteiger partial charge is 0.338 e. The van der Waals surface area contributed by atoms with E-state index in [4.69, 9.17) is 4.74 Å². The van der Waals surface area contributed by atoms with E-state index in [1.54, 1.807) is 10.9 Å². The minimum absolute atomic E-state index is 0.0588. The summed E-state index contributed by atoms with van der Waals surface area (Å²) in [4.78, 5) is 14.4. The first-order chi connectivity index (χ1) is 17.6. The Bertz CT molecular complexity index is 1330. The zero-order valence-corrected chi connectivity index (χ0v) is 22.7. The van der Waals surface area contributed by atoms with Crippen molar-refractivity contribution in [2.75, 3.05) is 32.5 Å². The normalized spacial score (nSPS) is 17.4. The third kappa shape index (κ3) is 7.24. The molecule has 1 atom stereocenters. The first-order valence-electron chi connectivity index (χ1n) is 12.5. The SMILES string of the molecule is Cc1cccc(Cn2cc(CN3CC(N(C)CCCOC(=O)c4cc(C)cc(C)c4)CS3(=O)=O)nn2)c1. The average Bonchev–Trinajstić information content (AvgIpc) is 3.39. The van der Waals surface area contributed by atoms with Gasteiger partial charge in [0.15, 0.2) is 0 Å². The van der Waals surface area contributed by atoms with E-state index in [9.17, 15) is 13.2 Å². The predicted molar refractivity (Wildman–Crippen MR) is 142 cm³/mol. The lowest BCUT2D eigenvalue weighted by Gasteiger charge is -2.23. The fourth-order valence-electron chi connectivity index (χ4n) is 4.68. The van der Waals surface area contributed by atoms with Crippen molar-refractivity contribution in [3.63, 3.8) is 0 Å². The zero-order chi connectivity index (χ0) is 26.6. The van der Waals surface area contributed by atoms with Gasteiger partial charge < -0.3 is 9.64 Å². The van der Waals surface area contributed by atoms with Crippen LogP contribution in [0.5, 0.6) is 0 Å². The molecule has 1 aromatic heterocycles. The summed E-state index contributed by atoms with van der Waals surface area (Å²) in [7, 11) is -1.48. The third-order valence-electron chi connectivity index (χ3n) is 6.53. The van der Waals surface area contributed by atoms with Crippen LogP contribution in [-0.4, -0.2) is 77.1 Å². The maximum atomic E-state index is 12.8. The molecular formula is C27H35N5O4S. The minimum atomic E-state index is -3.39. The number of carbonyl (C=O) groups is 1. The molecule has 0 spiro atoms. The molecule has 0 radical (unpaired) electrons. The maximum Gasteiger partial charge on any atom is 0.338 e. The summed E-state index contributed by atoms with van der Waals surface area (Å²) >= 11 is 0. The van der Waals surface area contributed by atoms with Gasteiger partial charge >= 0.3 is 5.97 Å². The molecular weight excluding hydrogens is 490 g/mol. The van der Waals surface area contributed by atoms with Gasteiger partial charge in [-0.15, -0.1) is 5.10 Å². The van der Waals surface area contributed by atoms with E-state index >= 15 is 0 Å². The van der Waals surface area contributed by atoms with Crippen molar-refractivity contribution in [2.45, 2.75) is 46.3 Å². The van der Waals surface area contributed by atoms with Crippen molar-refractivity contribution in [1.29, 1.82) is 0 Å². The summed E-state index contributed by atoms with van der Waals surface area (Å²) in [6, 6.07) is 13.7. The molecule has 1 saturated heterocycles. The van der Waals surface area contributed by atoms with E-state index in [2.05, 4.69) is 16.4 Å². The number of rotatable bonds is 10. The highest BCUT2D eigenvalue weighted by atomic mass is 32.2. The number of aromatic nitrogens is 3. The van der Waals surface area contributed by atoms with Crippen LogP contribution in [0.15, 0.2) is 48.7 Å². The fourth-order valence-corrected chi connectivity index (χ4v) is 6.47. The molecule has 0 N–H and O–H groups in total. The van der Waals surface area contributed by atoms with E-state index in [1.807, 2.05) is 69.1 Å². The number of benzene rings is 2. The molecule has 1 unspecified atom stereocenters. The van der Waals surface area contributed by atoms with E-state index in [-0.39, 0.29) is 30.9 Å². The van der Waals surface area contributed by atoms with Crippen molar-refractivity contribution in [1.82, 2.24) is 24.2 Å². The summed E-state index contributed by atoms with van der Waals surface area (Å²) < 4.78 is 34.3. The van der Waals surface area contributed by atoms with Gasteiger partial charge in [0.25, 0.3) is 0 Å². The molecule has 1 aliphatic rings. The quantitative estimate of drug-likeness (QED) is 0.297. The summed E-state index contributed by atoms with van der Waals surface area (Å²) in [6.07, 6.45) is 2.43. The first-order valence-corrected chi connectivity index (χ1v) is 14.1. The predicted octanol–water partition coefficient (Wildman–Crippen LogP) is 2.94. The van der Waals surface area contributed by atoms with Crippen LogP contribution >= 0.6 is 0 Å². The molecule has 2 heterocycles. The van der Waals surface area contributed by atoms with Crippen molar-refractivity contribution >= 4 is 16.0 Å². The van der Waals surface area contributed by atoms with Crippen LogP contribution in [0.3, 0.4) is 0 Å². The Balaban J connectivity index is 1.25. The lowest BCUT2D eigenvalue weighted by atomic mass is 10.1. The number of aryl methyl sites for hydroxylation is 3. The van der Waals surface area contributed by atoms with Gasteiger partial charge in [-0.2, -0.15) is 4.31 Å². The Morgan fingerprint density at radius 2 is 1.84 bits per heavy atom. The molecule has 3 aromatic rings. The van der Waals surface area contributed by atoms with Crippen LogP contribution in [0, 0.1) is 20.8 Å². The van der Waals surface area contributed by atoms with Gasteiger partial charge in [0.05, 0.1) is 42.9 Å². The molecule has 0 amide bonds. The number of hydrogen-bond acceptors (Lipinski definition) is 7. The molecule has 198 valence electrons. The Morgan fingerprint density at radius 1 is 1.08 bits per heavy atom. The lowest BCUT2D eigenvalue weighted by molar-refractivity contribution is 0.0486. The van der Waals surface area contributed by atoms with Gasteiger partial charge in [-0.1, -0.05) is 52.2 Å². The summed E-state index contributed by atoms with van der Waals surface area (Å²) in [5, 5.41) is 8.37. The monoisotopic (exact) mass is 525 g/mol. The first kappa shape index (κ1) is 27.0. The van der Waals surface area contributed by atoms with Crippen molar-refractivity contribution in [2.24, 2.45) is 0 Å². The number of ether oxygens (including phenoxy) is 1. The molecule has 0 saturated carbocycles. The van der Waals surface area contributed by atoms with Gasteiger partial charge in [0, 0.05) is 19.1 Å². The summed E-state index contributed by atoms with van der Waals surface area (Å²) in [5.74, 6) is -0.275. The molecule has 2 aromatic carbocycles. The highest BCUT2D eigenvalue weighted by Crippen LogP contribution is 2.20. The fraction of sp³-hybridized carbons (Fsp3) is 0.444. The molecule has 37 heavy (non-hydrogen) atoms. The lowest BCUT2D eigenvalue weighted by Crippen LogP contribution is -2.37. The van der Waals surface area contributed by atoms with Gasteiger partial charge in [0.1, 0.15) is 0 Å². The van der Waals surface area contributed by atoms with Crippen LogP contribution in [-0.2, 0) is 27.8 Å². The second kappa shape index (κ2) is 11.5. The molecule has 1 aliphatic heterocycles. The average molecular weight is 526 g/mol. The molecule has 9 nitrogen and oxygen atoms in total. The van der Waals surface area contributed by atoms with E-state index in [0.29, 0.717) is 37.3 Å². The Kier molecular flexibility index (Phi) is 8.41. The number of carbonyl (C=O) groups excluding carboxylic acids is 1. The number of sulfonamides is 1. The Morgan fingerprint density at radius 3 is 2.57 bits per heavy atom. The van der Waals surface area contributed by atoms with Crippen molar-refractivity contribution in [3.05, 3.63) is 82.2 Å². The Labute approximate surface area is 219 Å². The van der Waals surface area contributed by atoms with Gasteiger partial charge in [-0.3, -0.25) is 0 Å². The molecule has 0 bridgehead atoms. The summed E-state index contributed by atoms with van der Waals surface area (Å²) in [5.41, 5.74) is 5.51. The second-order valence-corrected chi connectivity index (χ2v) is 12.0. The molecule has 4 rings (SSSR count). The highest BCUT2D eigenvalue weighted by Gasteiger charge is 2.38. The minimum Gasteiger partial charge on any atom is -0.462 e. The van der Waals surface area contributed by atoms with Gasteiger partial charge in [0.2, 0.25) is 10.0 Å². The molecule has 0 aliphatic carbocycles. The van der Waals surface area contributed by atoms with E-state index in [1.165, 1.54) is 9.87 Å². The largest absolute Gasteiger partial charge is 0.462 e. The molecule has 10 heteroatoms. The third-order valence-corrected chi connectivity index (χ3v) is 8.40. The van der Waals surface area contributed by atoms with Gasteiger partial charge in [-0.25, -0.2) is 17.9 Å². The van der Waals surface area contributed by atoms with Crippen LogP contribution in [0.4, 0.5) is 0 Å². The number of nitrogens with zero attached hydrogens (tertiary/aromatic N) is 5. The van der Waals surface area contributed by atoms with E-state index in [0.717, 1.165) is 16.7 Å². The second-order valence-electron chi connectivity index (χ2n) is 9.97. The van der Waals surface area contributed by atoms with Crippen LogP contribution < -0.4 is 0 Å². The van der Waals surface area contributed by atoms with Crippen LogP contribution in [0.25, 0.3) is 0 Å². The summed E-state index contributed by atoms with van der Waals surface area (Å²) in [6.45, 7) is 8.03. The highest BCUT2D eigenvalue weighted by molar-refractivity contribution is 7.89. The Hall–Kier alpha value is -3.08. The van der Waals surface area contributed by atoms with Crippen LogP contribution in [0.1, 0.15) is 44.7 Å². The maximum absolute atomic E-state index is 12.8. The number of esters is 1. The standard InChI is InChI=1S/C27H35N5O4S/c1-20-7-5-8-23(12-20)15-31-16-25(28-29-31)17-32-18-26(19-37(32,34)35)30(4)9-6-10-36-27(33)24-13-21(2)11-22(3)14-24/h5,7-8,11-14,16,26H,6,9-10,15,17-19H2,1-4H3.